The number of rotatable bonds is 4. The second kappa shape index (κ2) is 5.29. The highest BCUT2D eigenvalue weighted by Crippen LogP contribution is 2.07. The standard InChI is InChI=1S/C5H12NO4P/c1-3-10-5(7)4(2)6-11(8)9/h4,11H,3H2,1-2H3,(H2,6,8,9)/t4-/m0/s1. The molecule has 66 valence electrons. The molecule has 2 N–H and O–H groups in total. The van der Waals surface area contributed by atoms with Gasteiger partial charge in [0.25, 0.3) is 8.18 Å². The molecule has 0 aromatic carbocycles. The highest BCUT2D eigenvalue weighted by Gasteiger charge is 2.13. The normalized spacial score (nSPS) is 15.5. The van der Waals surface area contributed by atoms with E-state index in [0.29, 0.717) is 0 Å². The molecule has 0 aromatic heterocycles. The van der Waals surface area contributed by atoms with Crippen molar-refractivity contribution in [3.63, 3.8) is 0 Å². The van der Waals surface area contributed by atoms with Gasteiger partial charge in [0.15, 0.2) is 0 Å². The summed E-state index contributed by atoms with van der Waals surface area (Å²) in [6.07, 6.45) is 0. The summed E-state index contributed by atoms with van der Waals surface area (Å²) in [5, 5.41) is 2.15. The molecular formula is C5H12NO4P. The molecule has 0 aliphatic heterocycles. The summed E-state index contributed by atoms with van der Waals surface area (Å²) in [6, 6.07) is -0.716. The highest BCUT2D eigenvalue weighted by molar-refractivity contribution is 7.35. The van der Waals surface area contributed by atoms with Crippen LogP contribution in [-0.2, 0) is 14.1 Å². The van der Waals surface area contributed by atoms with Crippen LogP contribution in [-0.4, -0.2) is 23.5 Å². The van der Waals surface area contributed by atoms with Crippen LogP contribution < -0.4 is 5.09 Å². The van der Waals surface area contributed by atoms with Gasteiger partial charge in [0, 0.05) is 0 Å². The second-order valence-electron chi connectivity index (χ2n) is 1.92. The van der Waals surface area contributed by atoms with Gasteiger partial charge in [0.1, 0.15) is 6.04 Å². The van der Waals surface area contributed by atoms with Crippen LogP contribution in [0.2, 0.25) is 0 Å². The summed E-state index contributed by atoms with van der Waals surface area (Å²) in [7, 11) is -2.80. The molecule has 0 saturated carbocycles. The maximum atomic E-state index is 10.8. The molecule has 0 saturated heterocycles. The first-order chi connectivity index (χ1) is 5.07. The molecule has 11 heavy (non-hydrogen) atoms. The molecule has 6 heteroatoms. The SMILES string of the molecule is CCOC(=O)[C@H](C)N[PH](=O)O. The van der Waals surface area contributed by atoms with Gasteiger partial charge < -0.3 is 9.63 Å². The fraction of sp³-hybridized carbons (Fsp3) is 0.800. The average molecular weight is 181 g/mol. The van der Waals surface area contributed by atoms with E-state index in [1.807, 2.05) is 0 Å². The Labute approximate surface area is 65.7 Å². The smallest absolute Gasteiger partial charge is 0.323 e. The van der Waals surface area contributed by atoms with Crippen LogP contribution in [0.3, 0.4) is 0 Å². The molecule has 0 spiro atoms. The summed E-state index contributed by atoms with van der Waals surface area (Å²) >= 11 is 0. The predicted molar refractivity (Wildman–Crippen MR) is 40.5 cm³/mol. The lowest BCUT2D eigenvalue weighted by atomic mass is 10.4. The van der Waals surface area contributed by atoms with E-state index in [-0.39, 0.29) is 6.61 Å². The van der Waals surface area contributed by atoms with Crippen molar-refractivity contribution < 1.29 is 19.0 Å². The number of hydrogen-bond acceptors (Lipinski definition) is 3. The van der Waals surface area contributed by atoms with E-state index in [1.54, 1.807) is 6.92 Å². The van der Waals surface area contributed by atoms with Gasteiger partial charge in [0.2, 0.25) is 0 Å². The Balaban J connectivity index is 3.73. The first-order valence-corrected chi connectivity index (χ1v) is 4.59. The van der Waals surface area contributed by atoms with E-state index < -0.39 is 20.2 Å². The molecule has 2 atom stereocenters. The van der Waals surface area contributed by atoms with Crippen molar-refractivity contribution in [1.29, 1.82) is 0 Å². The van der Waals surface area contributed by atoms with Crippen LogP contribution in [0.5, 0.6) is 0 Å². The summed E-state index contributed by atoms with van der Waals surface area (Å²) < 4.78 is 14.8. The zero-order valence-electron chi connectivity index (χ0n) is 6.46. The minimum Gasteiger partial charge on any atom is -0.465 e. The molecule has 0 heterocycles. The van der Waals surface area contributed by atoms with Gasteiger partial charge in [-0.3, -0.25) is 9.36 Å². The highest BCUT2D eigenvalue weighted by atomic mass is 31.1. The van der Waals surface area contributed by atoms with E-state index in [2.05, 4.69) is 9.82 Å². The first-order valence-electron chi connectivity index (χ1n) is 3.24. The number of nitrogens with one attached hydrogen (secondary N) is 1. The Kier molecular flexibility index (Phi) is 5.11. The average Bonchev–Trinajstić information content (AvgIpc) is 1.86. The minimum absolute atomic E-state index is 0.275. The van der Waals surface area contributed by atoms with Gasteiger partial charge >= 0.3 is 5.97 Å². The molecule has 0 fully saturated rings. The number of carbonyl (C=O) groups excluding carboxylic acids is 1. The van der Waals surface area contributed by atoms with Gasteiger partial charge in [-0.15, -0.1) is 0 Å². The van der Waals surface area contributed by atoms with E-state index >= 15 is 0 Å². The lowest BCUT2D eigenvalue weighted by molar-refractivity contribution is -0.144. The fourth-order valence-electron chi connectivity index (χ4n) is 0.511. The zero-order chi connectivity index (χ0) is 8.85. The third-order valence-corrected chi connectivity index (χ3v) is 1.66. The first kappa shape index (κ1) is 10.6. The number of hydrogen-bond donors (Lipinski definition) is 2. The van der Waals surface area contributed by atoms with Crippen LogP contribution in [0.1, 0.15) is 13.8 Å². The molecule has 0 aliphatic rings. The van der Waals surface area contributed by atoms with E-state index in [1.165, 1.54) is 6.92 Å². The topological polar surface area (TPSA) is 75.6 Å². The van der Waals surface area contributed by atoms with Gasteiger partial charge in [-0.25, -0.2) is 5.09 Å². The Hall–Kier alpha value is -0.380. The largest absolute Gasteiger partial charge is 0.465 e. The monoisotopic (exact) mass is 181 g/mol. The quantitative estimate of drug-likeness (QED) is 0.468. The molecule has 0 bridgehead atoms. The zero-order valence-corrected chi connectivity index (χ0v) is 7.46. The summed E-state index contributed by atoms with van der Waals surface area (Å²) in [5.41, 5.74) is 0. The maximum Gasteiger partial charge on any atom is 0.323 e. The van der Waals surface area contributed by atoms with Crippen LogP contribution in [0.15, 0.2) is 0 Å². The van der Waals surface area contributed by atoms with Crippen molar-refractivity contribution in [2.75, 3.05) is 6.61 Å². The van der Waals surface area contributed by atoms with Crippen molar-refractivity contribution >= 4 is 14.1 Å². The van der Waals surface area contributed by atoms with Gasteiger partial charge in [-0.05, 0) is 13.8 Å². The predicted octanol–water partition coefficient (Wildman–Crippen LogP) is -0.0904. The Morgan fingerprint density at radius 2 is 2.36 bits per heavy atom. The van der Waals surface area contributed by atoms with Gasteiger partial charge in [-0.2, -0.15) is 0 Å². The molecule has 0 amide bonds. The van der Waals surface area contributed by atoms with Gasteiger partial charge in [0.05, 0.1) is 6.61 Å². The molecule has 0 rings (SSSR count). The lowest BCUT2D eigenvalue weighted by Gasteiger charge is -2.08. The maximum absolute atomic E-state index is 10.8. The second-order valence-corrected chi connectivity index (χ2v) is 2.82. The van der Waals surface area contributed by atoms with Gasteiger partial charge in [-0.1, -0.05) is 0 Å². The number of carbonyl (C=O) groups is 1. The van der Waals surface area contributed by atoms with E-state index in [4.69, 9.17) is 4.89 Å². The molecular weight excluding hydrogens is 169 g/mol. The van der Waals surface area contributed by atoms with Crippen molar-refractivity contribution in [2.45, 2.75) is 19.9 Å². The molecule has 5 nitrogen and oxygen atoms in total. The summed E-state index contributed by atoms with van der Waals surface area (Å²) in [6.45, 7) is 3.42. The number of ether oxygens (including phenoxy) is 1. The number of esters is 1. The third kappa shape index (κ3) is 4.95. The Bertz CT molecular complexity index is 161. The summed E-state index contributed by atoms with van der Waals surface area (Å²) in [5.74, 6) is -0.514. The van der Waals surface area contributed by atoms with Crippen LogP contribution >= 0.6 is 8.18 Å². The fourth-order valence-corrected chi connectivity index (χ4v) is 1.000. The van der Waals surface area contributed by atoms with Crippen molar-refractivity contribution in [3.05, 3.63) is 0 Å². The molecule has 0 radical (unpaired) electrons. The Morgan fingerprint density at radius 3 is 2.73 bits per heavy atom. The summed E-state index contributed by atoms with van der Waals surface area (Å²) in [4.78, 5) is 19.1. The molecule has 0 aromatic rings. The minimum atomic E-state index is -2.80. The van der Waals surface area contributed by atoms with Crippen molar-refractivity contribution in [2.24, 2.45) is 0 Å². The Morgan fingerprint density at radius 1 is 1.82 bits per heavy atom. The molecule has 1 unspecified atom stereocenters. The lowest BCUT2D eigenvalue weighted by Crippen LogP contribution is -2.30. The van der Waals surface area contributed by atoms with Crippen molar-refractivity contribution in [3.8, 4) is 0 Å². The van der Waals surface area contributed by atoms with Crippen LogP contribution in [0, 0.1) is 0 Å². The molecule has 0 aliphatic carbocycles. The van der Waals surface area contributed by atoms with Crippen LogP contribution in [0.25, 0.3) is 0 Å². The van der Waals surface area contributed by atoms with Crippen LogP contribution in [0.4, 0.5) is 0 Å². The van der Waals surface area contributed by atoms with Crippen molar-refractivity contribution in [1.82, 2.24) is 5.09 Å². The van der Waals surface area contributed by atoms with E-state index in [0.717, 1.165) is 0 Å². The van der Waals surface area contributed by atoms with E-state index in [9.17, 15) is 9.36 Å². The third-order valence-electron chi connectivity index (χ3n) is 0.980.